The van der Waals surface area contributed by atoms with Gasteiger partial charge in [0.1, 0.15) is 0 Å². The van der Waals surface area contributed by atoms with Gasteiger partial charge < -0.3 is 4.57 Å². The van der Waals surface area contributed by atoms with Crippen molar-refractivity contribution in [1.82, 2.24) is 9.99 Å². The third-order valence-electron chi connectivity index (χ3n) is 7.27. The topological polar surface area (TPSA) is 83.8 Å². The number of rotatable bonds is 9. The molecule has 0 unspecified atom stereocenters. The van der Waals surface area contributed by atoms with E-state index in [0.717, 1.165) is 28.2 Å². The Bertz CT molecular complexity index is 2010. The molecule has 0 saturated carbocycles. The van der Waals surface area contributed by atoms with Crippen molar-refractivity contribution in [2.75, 3.05) is 4.31 Å². The smallest absolute Gasteiger partial charge is 0.273 e. The van der Waals surface area contributed by atoms with Crippen LogP contribution in [0.3, 0.4) is 0 Å². The number of aromatic nitrogens is 1. The van der Waals surface area contributed by atoms with Gasteiger partial charge in [-0.25, -0.2) is 13.8 Å². The summed E-state index contributed by atoms with van der Waals surface area (Å²) in [4.78, 5) is 13.6. The van der Waals surface area contributed by atoms with Gasteiger partial charge in [-0.3, -0.25) is 9.10 Å². The number of para-hydroxylation sites is 1. The summed E-state index contributed by atoms with van der Waals surface area (Å²) < 4.78 is 31.3. The van der Waals surface area contributed by atoms with Gasteiger partial charge in [0.05, 0.1) is 39.0 Å². The van der Waals surface area contributed by atoms with E-state index in [4.69, 9.17) is 34.8 Å². The zero-order chi connectivity index (χ0) is 32.3. The second-order valence-electron chi connectivity index (χ2n) is 10.4. The van der Waals surface area contributed by atoms with Gasteiger partial charge in [-0.2, -0.15) is 5.10 Å². The Hall–Kier alpha value is -4.08. The number of carbonyl (C=O) groups excluding carboxylic acids is 1. The second kappa shape index (κ2) is 13.5. The van der Waals surface area contributed by atoms with Crippen molar-refractivity contribution in [3.05, 3.63) is 146 Å². The lowest BCUT2D eigenvalue weighted by molar-refractivity contribution is 0.0955. The fourth-order valence-corrected chi connectivity index (χ4v) is 6.83. The molecule has 0 fully saturated rings. The first kappa shape index (κ1) is 32.3. The molecule has 0 aliphatic carbocycles. The third kappa shape index (κ3) is 7.10. The summed E-state index contributed by atoms with van der Waals surface area (Å²) >= 11 is 18.4. The zero-order valence-electron chi connectivity index (χ0n) is 24.6. The molecule has 45 heavy (non-hydrogen) atoms. The lowest BCUT2D eigenvalue weighted by atomic mass is 10.1. The van der Waals surface area contributed by atoms with Crippen molar-refractivity contribution in [1.29, 1.82) is 0 Å². The highest BCUT2D eigenvalue weighted by molar-refractivity contribution is 7.92. The van der Waals surface area contributed by atoms with Crippen LogP contribution < -0.4 is 9.73 Å². The van der Waals surface area contributed by atoms with Gasteiger partial charge in [-0.15, -0.1) is 0 Å². The highest BCUT2D eigenvalue weighted by Crippen LogP contribution is 2.30. The molecule has 0 aliphatic rings. The summed E-state index contributed by atoms with van der Waals surface area (Å²) in [6, 6.07) is 27.3. The van der Waals surface area contributed by atoms with E-state index in [0.29, 0.717) is 20.6 Å². The van der Waals surface area contributed by atoms with E-state index in [2.05, 4.69) is 10.5 Å². The van der Waals surface area contributed by atoms with E-state index in [-0.39, 0.29) is 22.7 Å². The first-order valence-electron chi connectivity index (χ1n) is 13.9. The highest BCUT2D eigenvalue weighted by Gasteiger charge is 2.28. The maximum Gasteiger partial charge on any atom is 0.273 e. The Morgan fingerprint density at radius 3 is 2.24 bits per heavy atom. The van der Waals surface area contributed by atoms with Crippen LogP contribution in [0.25, 0.3) is 5.69 Å². The summed E-state index contributed by atoms with van der Waals surface area (Å²) in [5.74, 6) is -0.569. The molecule has 7 nitrogen and oxygen atoms in total. The molecule has 0 atom stereocenters. The Morgan fingerprint density at radius 1 is 0.867 bits per heavy atom. The average Bonchev–Trinajstić information content (AvgIpc) is 3.30. The number of nitrogens with one attached hydrogen (secondary N) is 1. The summed E-state index contributed by atoms with van der Waals surface area (Å²) in [5, 5.41) is 5.65. The highest BCUT2D eigenvalue weighted by atomic mass is 35.5. The van der Waals surface area contributed by atoms with Crippen LogP contribution in [0, 0.1) is 20.8 Å². The standard InChI is InChI=1S/C34H29Cl3N4O3S/c1-22-8-15-29(16-9-22)45(43,44)40(21-25-10-12-27(35)13-11-25)33-7-5-4-6-30(33)34(42)39-38-20-26-18-23(2)41(24(26)3)28-14-17-31(36)32(37)19-28/h4-20H,21H2,1-3H3,(H,39,42)/b38-20+. The van der Waals surface area contributed by atoms with Crippen LogP contribution in [0.4, 0.5) is 5.69 Å². The minimum Gasteiger partial charge on any atom is -0.318 e. The molecule has 0 spiro atoms. The van der Waals surface area contributed by atoms with Crippen LogP contribution in [0.2, 0.25) is 15.1 Å². The number of benzene rings is 4. The number of halogens is 3. The number of hydrogen-bond acceptors (Lipinski definition) is 4. The van der Waals surface area contributed by atoms with Gasteiger partial charge >= 0.3 is 0 Å². The molecule has 5 rings (SSSR count). The number of amides is 1. The number of aryl methyl sites for hydroxylation is 2. The molecule has 0 aliphatic heterocycles. The van der Waals surface area contributed by atoms with Gasteiger partial charge in [0, 0.05) is 27.7 Å². The molecule has 230 valence electrons. The molecule has 4 aromatic carbocycles. The first-order chi connectivity index (χ1) is 21.5. The monoisotopic (exact) mass is 678 g/mol. The van der Waals surface area contributed by atoms with E-state index >= 15 is 0 Å². The molecular formula is C34H29Cl3N4O3S. The molecule has 0 saturated heterocycles. The largest absolute Gasteiger partial charge is 0.318 e. The Kier molecular flexibility index (Phi) is 9.70. The van der Waals surface area contributed by atoms with Crippen molar-refractivity contribution in [2.45, 2.75) is 32.2 Å². The van der Waals surface area contributed by atoms with E-state index < -0.39 is 15.9 Å². The van der Waals surface area contributed by atoms with Crippen LogP contribution in [-0.2, 0) is 16.6 Å². The first-order valence-corrected chi connectivity index (χ1v) is 16.4. The summed E-state index contributed by atoms with van der Waals surface area (Å²) in [6.07, 6.45) is 1.55. The molecular weight excluding hydrogens is 651 g/mol. The second-order valence-corrected chi connectivity index (χ2v) is 13.5. The van der Waals surface area contributed by atoms with Gasteiger partial charge in [-0.05, 0) is 87.0 Å². The maximum atomic E-state index is 14.0. The number of hydrazone groups is 1. The van der Waals surface area contributed by atoms with Crippen molar-refractivity contribution in [2.24, 2.45) is 5.10 Å². The number of anilines is 1. The van der Waals surface area contributed by atoms with Crippen LogP contribution in [0.5, 0.6) is 0 Å². The van der Waals surface area contributed by atoms with E-state index in [1.165, 1.54) is 4.31 Å². The van der Waals surface area contributed by atoms with Crippen LogP contribution in [0.1, 0.15) is 38.4 Å². The third-order valence-corrected chi connectivity index (χ3v) is 10.0. The van der Waals surface area contributed by atoms with Gasteiger partial charge in [-0.1, -0.05) is 76.8 Å². The summed E-state index contributed by atoms with van der Waals surface area (Å²) in [7, 11) is -4.08. The van der Waals surface area contributed by atoms with Crippen LogP contribution in [-0.4, -0.2) is 25.1 Å². The Balaban J connectivity index is 1.46. The summed E-state index contributed by atoms with van der Waals surface area (Å²) in [6.45, 7) is 5.73. The van der Waals surface area contributed by atoms with E-state index in [9.17, 15) is 13.2 Å². The molecule has 1 aromatic heterocycles. The Labute approximate surface area is 277 Å². The molecule has 1 heterocycles. The predicted octanol–water partition coefficient (Wildman–Crippen LogP) is 8.52. The van der Waals surface area contributed by atoms with Crippen molar-refractivity contribution >= 4 is 62.6 Å². The summed E-state index contributed by atoms with van der Waals surface area (Å²) in [5.41, 5.74) is 7.96. The molecule has 0 radical (unpaired) electrons. The van der Waals surface area contributed by atoms with Crippen molar-refractivity contribution in [3.63, 3.8) is 0 Å². The van der Waals surface area contributed by atoms with Crippen LogP contribution >= 0.6 is 34.8 Å². The molecule has 1 N–H and O–H groups in total. The van der Waals surface area contributed by atoms with Gasteiger partial charge in [0.2, 0.25) is 0 Å². The fraction of sp³-hybridized carbons (Fsp3) is 0.118. The quantitative estimate of drug-likeness (QED) is 0.125. The molecule has 11 heteroatoms. The number of carbonyl (C=O) groups is 1. The fourth-order valence-electron chi connectivity index (χ4n) is 4.94. The average molecular weight is 680 g/mol. The minimum absolute atomic E-state index is 0.0261. The number of sulfonamides is 1. The van der Waals surface area contributed by atoms with Crippen molar-refractivity contribution in [3.8, 4) is 5.69 Å². The lowest BCUT2D eigenvalue weighted by Gasteiger charge is -2.26. The molecule has 1 amide bonds. The van der Waals surface area contributed by atoms with Gasteiger partial charge in [0.25, 0.3) is 15.9 Å². The minimum atomic E-state index is -4.08. The number of hydrogen-bond donors (Lipinski definition) is 1. The molecule has 0 bridgehead atoms. The molecule has 5 aromatic rings. The van der Waals surface area contributed by atoms with Gasteiger partial charge in [0.15, 0.2) is 0 Å². The lowest BCUT2D eigenvalue weighted by Crippen LogP contribution is -2.33. The zero-order valence-corrected chi connectivity index (χ0v) is 27.7. The van der Waals surface area contributed by atoms with E-state index in [1.807, 2.05) is 37.5 Å². The number of nitrogens with zero attached hydrogens (tertiary/aromatic N) is 3. The SMILES string of the molecule is Cc1ccc(S(=O)(=O)N(Cc2ccc(Cl)cc2)c2ccccc2C(=O)N/N=C/c2cc(C)n(-c3ccc(Cl)c(Cl)c3)c2C)cc1. The van der Waals surface area contributed by atoms with Crippen LogP contribution in [0.15, 0.2) is 107 Å². The predicted molar refractivity (Wildman–Crippen MR) is 183 cm³/mol. The Morgan fingerprint density at radius 2 is 1.56 bits per heavy atom. The maximum absolute atomic E-state index is 14.0. The van der Waals surface area contributed by atoms with E-state index in [1.54, 1.807) is 91.1 Å². The van der Waals surface area contributed by atoms with Crippen molar-refractivity contribution < 1.29 is 13.2 Å². The normalized spacial score (nSPS) is 11.6.